The van der Waals surface area contributed by atoms with E-state index < -0.39 is 10.0 Å². The number of unbranched alkanes of at least 4 members (excludes halogenated alkanes) is 1. The number of rotatable bonds is 7. The largest absolute Gasteiger partial charge is 0.340 e. The van der Waals surface area contributed by atoms with Gasteiger partial charge in [0.15, 0.2) is 0 Å². The van der Waals surface area contributed by atoms with E-state index >= 15 is 0 Å². The lowest BCUT2D eigenvalue weighted by molar-refractivity contribution is -0.137. The molecule has 0 bridgehead atoms. The number of hydrogen-bond acceptors (Lipinski definition) is 3. The third-order valence-corrected chi connectivity index (χ3v) is 6.59. The molecular formula is C18H28N2O3S. The predicted molar refractivity (Wildman–Crippen MR) is 95.1 cm³/mol. The highest BCUT2D eigenvalue weighted by Gasteiger charge is 2.31. The number of amides is 1. The van der Waals surface area contributed by atoms with Gasteiger partial charge in [0.2, 0.25) is 15.9 Å². The maximum atomic E-state index is 12.6. The summed E-state index contributed by atoms with van der Waals surface area (Å²) in [5.74, 6) is 0.255. The van der Waals surface area contributed by atoms with Crippen LogP contribution in [0.15, 0.2) is 35.2 Å². The molecule has 1 heterocycles. The van der Waals surface area contributed by atoms with Crippen molar-refractivity contribution in [3.8, 4) is 0 Å². The van der Waals surface area contributed by atoms with Crippen molar-refractivity contribution in [3.63, 3.8) is 0 Å². The molecule has 1 aliphatic heterocycles. The van der Waals surface area contributed by atoms with Crippen LogP contribution < -0.4 is 0 Å². The molecule has 0 saturated carbocycles. The number of piperazine rings is 1. The Morgan fingerprint density at radius 2 is 1.71 bits per heavy atom. The van der Waals surface area contributed by atoms with Crippen molar-refractivity contribution in [1.82, 2.24) is 9.21 Å². The van der Waals surface area contributed by atoms with Crippen molar-refractivity contribution < 1.29 is 13.2 Å². The minimum atomic E-state index is -3.46. The average molecular weight is 353 g/mol. The van der Waals surface area contributed by atoms with Gasteiger partial charge in [-0.1, -0.05) is 44.9 Å². The molecule has 1 fully saturated rings. The van der Waals surface area contributed by atoms with Crippen LogP contribution in [0.3, 0.4) is 0 Å². The summed E-state index contributed by atoms with van der Waals surface area (Å²) in [5.41, 5.74) is 0. The van der Waals surface area contributed by atoms with Crippen LogP contribution in [-0.4, -0.2) is 49.7 Å². The predicted octanol–water partition coefficient (Wildman–Crippen LogP) is 2.74. The van der Waals surface area contributed by atoms with E-state index in [9.17, 15) is 13.2 Å². The second-order valence-corrected chi connectivity index (χ2v) is 8.23. The number of sulfonamides is 1. The summed E-state index contributed by atoms with van der Waals surface area (Å²) < 4.78 is 26.7. The normalized spacial score (nSPS) is 17.7. The van der Waals surface area contributed by atoms with Crippen LogP contribution in [0, 0.1) is 5.92 Å². The first-order valence-electron chi connectivity index (χ1n) is 8.84. The van der Waals surface area contributed by atoms with E-state index in [-0.39, 0.29) is 11.8 Å². The maximum absolute atomic E-state index is 12.6. The van der Waals surface area contributed by atoms with Crippen LogP contribution in [0.1, 0.15) is 39.5 Å². The molecule has 1 aliphatic rings. The zero-order valence-corrected chi connectivity index (χ0v) is 15.5. The summed E-state index contributed by atoms with van der Waals surface area (Å²) in [5, 5.41) is 0. The molecule has 1 aromatic rings. The highest BCUT2D eigenvalue weighted by Crippen LogP contribution is 2.20. The molecule has 0 radical (unpaired) electrons. The molecular weight excluding hydrogens is 324 g/mol. The Labute approximate surface area is 145 Å². The molecule has 1 unspecified atom stereocenters. The number of benzene rings is 1. The summed E-state index contributed by atoms with van der Waals surface area (Å²) >= 11 is 0. The molecule has 0 N–H and O–H groups in total. The van der Waals surface area contributed by atoms with Gasteiger partial charge in [-0.3, -0.25) is 4.79 Å². The first-order chi connectivity index (χ1) is 11.5. The van der Waals surface area contributed by atoms with Crippen LogP contribution in [0.5, 0.6) is 0 Å². The number of carbonyl (C=O) groups excluding carboxylic acids is 1. The molecule has 5 nitrogen and oxygen atoms in total. The van der Waals surface area contributed by atoms with E-state index in [1.165, 1.54) is 4.31 Å². The fraction of sp³-hybridized carbons (Fsp3) is 0.611. The topological polar surface area (TPSA) is 57.7 Å². The van der Waals surface area contributed by atoms with Crippen LogP contribution >= 0.6 is 0 Å². The highest BCUT2D eigenvalue weighted by molar-refractivity contribution is 7.89. The molecule has 24 heavy (non-hydrogen) atoms. The fourth-order valence-corrected chi connectivity index (χ4v) is 4.54. The Kier molecular flexibility index (Phi) is 6.80. The second-order valence-electron chi connectivity index (χ2n) is 6.29. The third kappa shape index (κ3) is 4.36. The summed E-state index contributed by atoms with van der Waals surface area (Å²) in [7, 11) is -3.46. The molecule has 0 spiro atoms. The Morgan fingerprint density at radius 3 is 2.25 bits per heavy atom. The zero-order valence-electron chi connectivity index (χ0n) is 14.6. The van der Waals surface area contributed by atoms with Crippen LogP contribution in [0.25, 0.3) is 0 Å². The van der Waals surface area contributed by atoms with Gasteiger partial charge in [-0.15, -0.1) is 0 Å². The molecule has 0 aromatic heterocycles. The minimum absolute atomic E-state index is 0.0715. The molecule has 1 atom stereocenters. The molecule has 2 rings (SSSR count). The standard InChI is InChI=1S/C18H28N2O3S/c1-3-5-9-16(4-2)18(21)19-12-14-20(15-13-19)24(22,23)17-10-7-6-8-11-17/h6-8,10-11,16H,3-5,9,12-15H2,1-2H3. The lowest BCUT2D eigenvalue weighted by Gasteiger charge is -2.35. The second kappa shape index (κ2) is 8.62. The summed E-state index contributed by atoms with van der Waals surface area (Å²) in [6, 6.07) is 8.49. The quantitative estimate of drug-likeness (QED) is 0.758. The Morgan fingerprint density at radius 1 is 1.08 bits per heavy atom. The first-order valence-corrected chi connectivity index (χ1v) is 10.3. The first kappa shape index (κ1) is 18.9. The molecule has 1 aromatic carbocycles. The van der Waals surface area contributed by atoms with Gasteiger partial charge in [0.1, 0.15) is 0 Å². The fourth-order valence-electron chi connectivity index (χ4n) is 3.10. The van der Waals surface area contributed by atoms with Crippen molar-refractivity contribution in [1.29, 1.82) is 0 Å². The molecule has 1 amide bonds. The van der Waals surface area contributed by atoms with Crippen molar-refractivity contribution in [2.45, 2.75) is 44.4 Å². The van der Waals surface area contributed by atoms with E-state index in [2.05, 4.69) is 6.92 Å². The summed E-state index contributed by atoms with van der Waals surface area (Å²) in [6.07, 6.45) is 3.93. The molecule has 134 valence electrons. The number of hydrogen-bond donors (Lipinski definition) is 0. The Bertz CT molecular complexity index is 623. The van der Waals surface area contributed by atoms with Gasteiger partial charge in [-0.2, -0.15) is 4.31 Å². The van der Waals surface area contributed by atoms with Gasteiger partial charge in [0, 0.05) is 32.1 Å². The van der Waals surface area contributed by atoms with E-state index in [4.69, 9.17) is 0 Å². The number of nitrogens with zero attached hydrogens (tertiary/aromatic N) is 2. The minimum Gasteiger partial charge on any atom is -0.340 e. The number of carbonyl (C=O) groups is 1. The van der Waals surface area contributed by atoms with Crippen molar-refractivity contribution in [3.05, 3.63) is 30.3 Å². The van der Waals surface area contributed by atoms with Gasteiger partial charge in [-0.05, 0) is 25.0 Å². The molecule has 1 saturated heterocycles. The van der Waals surface area contributed by atoms with Gasteiger partial charge in [-0.25, -0.2) is 8.42 Å². The van der Waals surface area contributed by atoms with E-state index in [1.807, 2.05) is 11.8 Å². The van der Waals surface area contributed by atoms with Crippen LogP contribution in [0.2, 0.25) is 0 Å². The van der Waals surface area contributed by atoms with Gasteiger partial charge in [0.25, 0.3) is 0 Å². The zero-order chi connectivity index (χ0) is 17.6. The van der Waals surface area contributed by atoms with Crippen LogP contribution in [0.4, 0.5) is 0 Å². The highest BCUT2D eigenvalue weighted by atomic mass is 32.2. The third-order valence-electron chi connectivity index (χ3n) is 4.68. The van der Waals surface area contributed by atoms with Gasteiger partial charge >= 0.3 is 0 Å². The Balaban J connectivity index is 1.97. The molecule has 0 aliphatic carbocycles. The van der Waals surface area contributed by atoms with Gasteiger partial charge in [0.05, 0.1) is 4.90 Å². The lowest BCUT2D eigenvalue weighted by atomic mass is 9.97. The Hall–Kier alpha value is -1.40. The monoisotopic (exact) mass is 352 g/mol. The van der Waals surface area contributed by atoms with Crippen molar-refractivity contribution >= 4 is 15.9 Å². The van der Waals surface area contributed by atoms with Crippen LogP contribution in [-0.2, 0) is 14.8 Å². The SMILES string of the molecule is CCCCC(CC)C(=O)N1CCN(S(=O)(=O)c2ccccc2)CC1. The summed E-state index contributed by atoms with van der Waals surface area (Å²) in [6.45, 7) is 5.88. The smallest absolute Gasteiger partial charge is 0.243 e. The van der Waals surface area contributed by atoms with Gasteiger partial charge < -0.3 is 4.90 Å². The van der Waals surface area contributed by atoms with E-state index in [1.54, 1.807) is 30.3 Å². The lowest BCUT2D eigenvalue weighted by Crippen LogP contribution is -2.51. The maximum Gasteiger partial charge on any atom is 0.243 e. The van der Waals surface area contributed by atoms with E-state index in [0.717, 1.165) is 25.7 Å². The molecule has 6 heteroatoms. The summed E-state index contributed by atoms with van der Waals surface area (Å²) in [4.78, 5) is 14.8. The van der Waals surface area contributed by atoms with Crippen molar-refractivity contribution in [2.75, 3.05) is 26.2 Å². The van der Waals surface area contributed by atoms with Crippen molar-refractivity contribution in [2.24, 2.45) is 5.92 Å². The average Bonchev–Trinajstić information content (AvgIpc) is 2.63. The van der Waals surface area contributed by atoms with E-state index in [0.29, 0.717) is 31.1 Å².